The highest BCUT2D eigenvalue weighted by atomic mass is 16.6. The summed E-state index contributed by atoms with van der Waals surface area (Å²) in [5, 5.41) is 10.5. The van der Waals surface area contributed by atoms with E-state index in [9.17, 15) is 14.9 Å². The summed E-state index contributed by atoms with van der Waals surface area (Å²) in [6, 6.07) is 2.62. The lowest BCUT2D eigenvalue weighted by atomic mass is 10.3. The number of nitro groups is 1. The van der Waals surface area contributed by atoms with E-state index < -0.39 is 4.92 Å². The Morgan fingerprint density at radius 2 is 2.10 bits per heavy atom. The van der Waals surface area contributed by atoms with Crippen LogP contribution in [0, 0.1) is 10.1 Å². The Kier molecular flexibility index (Phi) is 4.04. The van der Waals surface area contributed by atoms with Crippen LogP contribution < -0.4 is 4.74 Å². The predicted octanol–water partition coefficient (Wildman–Crippen LogP) is 2.35. The molecule has 8 heteroatoms. The van der Waals surface area contributed by atoms with Gasteiger partial charge in [0.25, 0.3) is 0 Å². The molecule has 0 bridgehead atoms. The lowest BCUT2D eigenvalue weighted by Crippen LogP contribution is -2.07. The molecule has 20 heavy (non-hydrogen) atoms. The summed E-state index contributed by atoms with van der Waals surface area (Å²) in [4.78, 5) is 29.0. The minimum Gasteiger partial charge on any atom is -0.423 e. The number of nitrogens with zero attached hydrogens (tertiary/aromatic N) is 3. The summed E-state index contributed by atoms with van der Waals surface area (Å²) < 4.78 is 9.95. The molecule has 2 aromatic rings. The summed E-state index contributed by atoms with van der Waals surface area (Å²) in [6.45, 7) is 1.87. The first-order chi connectivity index (χ1) is 9.60. The third-order valence-corrected chi connectivity index (χ3v) is 2.31. The van der Waals surface area contributed by atoms with Crippen LogP contribution in [0.2, 0.25) is 0 Å². The number of hydrogen-bond donors (Lipinski definition) is 0. The Hall–Kier alpha value is -2.77. The Morgan fingerprint density at radius 1 is 1.40 bits per heavy atom. The maximum atomic E-state index is 11.3. The van der Waals surface area contributed by atoms with Crippen LogP contribution >= 0.6 is 0 Å². The maximum Gasteiger partial charge on any atom is 0.433 e. The number of ether oxygens (including phenoxy) is 1. The third-order valence-electron chi connectivity index (χ3n) is 2.31. The fourth-order valence-electron chi connectivity index (χ4n) is 1.43. The standard InChI is InChI=1S/C12H11N3O5/c1-2-3-11(16)19-8-6-13-12(14-7-8)9-4-5-10(20-9)15(17)18/h4-7H,2-3H2,1H3. The number of carbonyl (C=O) groups excluding carboxylic acids is 1. The molecule has 0 saturated carbocycles. The van der Waals surface area contributed by atoms with E-state index >= 15 is 0 Å². The van der Waals surface area contributed by atoms with Crippen molar-refractivity contribution in [2.45, 2.75) is 19.8 Å². The topological polar surface area (TPSA) is 108 Å². The van der Waals surface area contributed by atoms with E-state index in [1.54, 1.807) is 0 Å². The van der Waals surface area contributed by atoms with E-state index in [2.05, 4.69) is 9.97 Å². The summed E-state index contributed by atoms with van der Waals surface area (Å²) >= 11 is 0. The van der Waals surface area contributed by atoms with Crippen molar-refractivity contribution in [1.29, 1.82) is 0 Å². The van der Waals surface area contributed by atoms with Crippen LogP contribution in [0.4, 0.5) is 5.88 Å². The fourth-order valence-corrected chi connectivity index (χ4v) is 1.43. The van der Waals surface area contributed by atoms with Crippen LogP contribution in [-0.2, 0) is 4.79 Å². The van der Waals surface area contributed by atoms with Gasteiger partial charge in [0.1, 0.15) is 4.92 Å². The predicted molar refractivity (Wildman–Crippen MR) is 66.9 cm³/mol. The Labute approximate surface area is 113 Å². The Bertz CT molecular complexity index is 620. The Balaban J connectivity index is 2.11. The molecule has 0 aliphatic rings. The number of furan rings is 1. The number of rotatable bonds is 5. The normalized spacial score (nSPS) is 10.2. The van der Waals surface area contributed by atoms with Gasteiger partial charge in [-0.05, 0) is 12.5 Å². The average molecular weight is 277 g/mol. The molecule has 8 nitrogen and oxygen atoms in total. The molecule has 2 rings (SSSR count). The molecule has 0 saturated heterocycles. The molecule has 0 fully saturated rings. The van der Waals surface area contributed by atoms with Gasteiger partial charge in [-0.3, -0.25) is 14.9 Å². The van der Waals surface area contributed by atoms with E-state index in [4.69, 9.17) is 9.15 Å². The molecular weight excluding hydrogens is 266 g/mol. The van der Waals surface area contributed by atoms with Crippen molar-refractivity contribution in [3.05, 3.63) is 34.6 Å². The van der Waals surface area contributed by atoms with Crippen molar-refractivity contribution in [3.8, 4) is 17.3 Å². The molecular formula is C12H11N3O5. The molecule has 2 aromatic heterocycles. The van der Waals surface area contributed by atoms with E-state index in [-0.39, 0.29) is 29.2 Å². The highest BCUT2D eigenvalue weighted by Crippen LogP contribution is 2.23. The number of aromatic nitrogens is 2. The van der Waals surface area contributed by atoms with Crippen LogP contribution in [0.1, 0.15) is 19.8 Å². The third kappa shape index (κ3) is 3.16. The molecule has 104 valence electrons. The molecule has 0 aromatic carbocycles. The van der Waals surface area contributed by atoms with Gasteiger partial charge in [0, 0.05) is 6.42 Å². The summed E-state index contributed by atoms with van der Waals surface area (Å²) in [6.07, 6.45) is 3.62. The van der Waals surface area contributed by atoms with Crippen molar-refractivity contribution in [2.24, 2.45) is 0 Å². The second-order valence-corrected chi connectivity index (χ2v) is 3.86. The maximum absolute atomic E-state index is 11.3. The molecule has 0 aliphatic carbocycles. The van der Waals surface area contributed by atoms with E-state index in [1.807, 2.05) is 6.92 Å². The van der Waals surface area contributed by atoms with Gasteiger partial charge in [0.15, 0.2) is 17.3 Å². The fraction of sp³-hybridized carbons (Fsp3) is 0.250. The number of esters is 1. The van der Waals surface area contributed by atoms with Gasteiger partial charge in [-0.2, -0.15) is 0 Å². The first kappa shape index (κ1) is 13.7. The minimum atomic E-state index is -0.648. The lowest BCUT2D eigenvalue weighted by molar-refractivity contribution is -0.401. The molecule has 0 unspecified atom stereocenters. The van der Waals surface area contributed by atoms with Crippen molar-refractivity contribution < 1.29 is 18.9 Å². The zero-order chi connectivity index (χ0) is 14.5. The molecule has 0 spiro atoms. The largest absolute Gasteiger partial charge is 0.433 e. The number of carbonyl (C=O) groups is 1. The van der Waals surface area contributed by atoms with Gasteiger partial charge in [-0.1, -0.05) is 6.92 Å². The molecule has 0 N–H and O–H groups in total. The SMILES string of the molecule is CCCC(=O)Oc1cnc(-c2ccc([N+](=O)[O-])o2)nc1. The van der Waals surface area contributed by atoms with Crippen molar-refractivity contribution in [2.75, 3.05) is 0 Å². The lowest BCUT2D eigenvalue weighted by Gasteiger charge is -2.02. The van der Waals surface area contributed by atoms with Crippen LogP contribution in [0.25, 0.3) is 11.6 Å². The monoisotopic (exact) mass is 277 g/mol. The zero-order valence-electron chi connectivity index (χ0n) is 10.6. The highest BCUT2D eigenvalue weighted by Gasteiger charge is 2.15. The summed E-state index contributed by atoms with van der Waals surface area (Å²) in [5.74, 6) is -0.190. The first-order valence-corrected chi connectivity index (χ1v) is 5.87. The molecule has 0 atom stereocenters. The van der Waals surface area contributed by atoms with Gasteiger partial charge >= 0.3 is 11.9 Å². The second kappa shape index (κ2) is 5.91. The highest BCUT2D eigenvalue weighted by molar-refractivity contribution is 5.72. The van der Waals surface area contributed by atoms with Crippen LogP contribution in [0.5, 0.6) is 5.75 Å². The van der Waals surface area contributed by atoms with Gasteiger partial charge in [-0.15, -0.1) is 0 Å². The smallest absolute Gasteiger partial charge is 0.423 e. The van der Waals surface area contributed by atoms with Crippen LogP contribution in [0.3, 0.4) is 0 Å². The minimum absolute atomic E-state index is 0.170. The van der Waals surface area contributed by atoms with Crippen molar-refractivity contribution in [3.63, 3.8) is 0 Å². The molecule has 0 aliphatic heterocycles. The summed E-state index contributed by atoms with van der Waals surface area (Å²) in [5.41, 5.74) is 0. The van der Waals surface area contributed by atoms with Crippen molar-refractivity contribution in [1.82, 2.24) is 9.97 Å². The average Bonchev–Trinajstić information content (AvgIpc) is 2.89. The zero-order valence-corrected chi connectivity index (χ0v) is 10.6. The van der Waals surface area contributed by atoms with E-state index in [0.29, 0.717) is 12.8 Å². The van der Waals surface area contributed by atoms with Crippen LogP contribution in [0.15, 0.2) is 28.9 Å². The quantitative estimate of drug-likeness (QED) is 0.468. The van der Waals surface area contributed by atoms with Gasteiger partial charge in [0.2, 0.25) is 0 Å². The van der Waals surface area contributed by atoms with E-state index in [1.165, 1.54) is 24.5 Å². The summed E-state index contributed by atoms with van der Waals surface area (Å²) in [7, 11) is 0. The second-order valence-electron chi connectivity index (χ2n) is 3.86. The molecule has 0 radical (unpaired) electrons. The number of hydrogen-bond acceptors (Lipinski definition) is 7. The van der Waals surface area contributed by atoms with E-state index in [0.717, 1.165) is 0 Å². The first-order valence-electron chi connectivity index (χ1n) is 5.87. The van der Waals surface area contributed by atoms with Gasteiger partial charge in [-0.25, -0.2) is 9.97 Å². The van der Waals surface area contributed by atoms with Crippen molar-refractivity contribution >= 4 is 11.9 Å². The molecule has 2 heterocycles. The van der Waals surface area contributed by atoms with Gasteiger partial charge in [0.05, 0.1) is 18.5 Å². The van der Waals surface area contributed by atoms with Crippen LogP contribution in [-0.4, -0.2) is 20.9 Å². The van der Waals surface area contributed by atoms with Gasteiger partial charge < -0.3 is 9.15 Å². The Morgan fingerprint density at radius 3 is 2.65 bits per heavy atom. The molecule has 0 amide bonds.